The molecule has 98 valence electrons. The summed E-state index contributed by atoms with van der Waals surface area (Å²) in [6.45, 7) is -0.609. The second kappa shape index (κ2) is 4.75. The number of rotatable bonds is 3. The summed E-state index contributed by atoms with van der Waals surface area (Å²) < 4.78 is 4.89. The van der Waals surface area contributed by atoms with E-state index in [0.29, 0.717) is 0 Å². The number of aliphatic hydroxyl groups excluding tert-OH is 3. The molecule has 4 atom stereocenters. The first-order chi connectivity index (χ1) is 8.50. The van der Waals surface area contributed by atoms with E-state index < -0.39 is 36.5 Å². The Labute approximate surface area is 103 Å². The molecule has 6 heteroatoms. The predicted octanol–water partition coefficient (Wildman–Crippen LogP) is -1.33. The summed E-state index contributed by atoms with van der Waals surface area (Å²) in [6, 6.07) is 7.79. The Kier molecular flexibility index (Phi) is 3.47. The number of hydrogen-bond donors (Lipinski definition) is 4. The van der Waals surface area contributed by atoms with Crippen LogP contribution in [0.2, 0.25) is 0 Å². The number of Topliss-reactive ketones (excluding diaryl/α,β-unsaturated/α-hetero) is 1. The molecule has 1 aromatic rings. The van der Waals surface area contributed by atoms with E-state index in [4.69, 9.17) is 9.84 Å². The number of ether oxygens (including phenoxy) is 1. The predicted molar refractivity (Wildman–Crippen MR) is 59.7 cm³/mol. The van der Waals surface area contributed by atoms with Gasteiger partial charge in [0.2, 0.25) is 5.78 Å². The van der Waals surface area contributed by atoms with Crippen molar-refractivity contribution < 1.29 is 30.0 Å². The van der Waals surface area contributed by atoms with Crippen molar-refractivity contribution in [2.45, 2.75) is 24.1 Å². The minimum atomic E-state index is -2.53. The van der Waals surface area contributed by atoms with Gasteiger partial charge in [-0.25, -0.2) is 0 Å². The van der Waals surface area contributed by atoms with Crippen molar-refractivity contribution in [2.24, 2.45) is 0 Å². The van der Waals surface area contributed by atoms with Crippen molar-refractivity contribution in [3.63, 3.8) is 0 Å². The molecular weight excluding hydrogens is 240 g/mol. The average molecular weight is 254 g/mol. The van der Waals surface area contributed by atoms with Gasteiger partial charge in [-0.3, -0.25) is 4.79 Å². The Balaban J connectivity index is 2.30. The largest absolute Gasteiger partial charge is 0.394 e. The van der Waals surface area contributed by atoms with Crippen LogP contribution >= 0.6 is 0 Å². The molecule has 2 rings (SSSR count). The number of ketones is 1. The number of carbonyl (C=O) groups excluding carboxylic acids is 1. The van der Waals surface area contributed by atoms with E-state index in [2.05, 4.69) is 0 Å². The zero-order chi connectivity index (χ0) is 13.3. The maximum absolute atomic E-state index is 12.1. The molecule has 0 saturated carbocycles. The lowest BCUT2D eigenvalue weighted by atomic mass is 9.97. The van der Waals surface area contributed by atoms with Crippen LogP contribution in [0.5, 0.6) is 0 Å². The number of hydrogen-bond acceptors (Lipinski definition) is 6. The highest BCUT2D eigenvalue weighted by Crippen LogP contribution is 2.32. The van der Waals surface area contributed by atoms with Crippen LogP contribution < -0.4 is 0 Å². The molecule has 0 aromatic heterocycles. The standard InChI is InChI=1S/C12H14O6/c13-6-8-9(14)11(16)12(17,18-8)10(15)7-4-2-1-3-5-7/h1-5,8-9,11,13-14,16-17H,6H2/t8-,9-,11-,12-/m0/s1. The van der Waals surface area contributed by atoms with Crippen molar-refractivity contribution in [3.8, 4) is 0 Å². The molecule has 1 aromatic carbocycles. The number of carbonyl (C=O) groups is 1. The highest BCUT2D eigenvalue weighted by Gasteiger charge is 2.57. The van der Waals surface area contributed by atoms with E-state index in [1.807, 2.05) is 0 Å². The first kappa shape index (κ1) is 13.1. The Bertz CT molecular complexity index is 433. The molecule has 6 nitrogen and oxygen atoms in total. The van der Waals surface area contributed by atoms with Crippen molar-refractivity contribution in [3.05, 3.63) is 35.9 Å². The second-order valence-corrected chi connectivity index (χ2v) is 4.17. The monoisotopic (exact) mass is 254 g/mol. The summed E-state index contributed by atoms with van der Waals surface area (Å²) in [6.07, 6.45) is -4.52. The van der Waals surface area contributed by atoms with Crippen LogP contribution in [0.15, 0.2) is 30.3 Å². The molecule has 18 heavy (non-hydrogen) atoms. The molecule has 0 aliphatic carbocycles. The fraction of sp³-hybridized carbons (Fsp3) is 0.417. The Morgan fingerprint density at radius 3 is 2.39 bits per heavy atom. The number of aliphatic hydroxyl groups is 4. The van der Waals surface area contributed by atoms with Crippen LogP contribution in [0.1, 0.15) is 10.4 Å². The van der Waals surface area contributed by atoms with Crippen LogP contribution in [0.25, 0.3) is 0 Å². The van der Waals surface area contributed by atoms with Crippen LogP contribution in [0, 0.1) is 0 Å². The van der Waals surface area contributed by atoms with Crippen molar-refractivity contribution in [2.75, 3.05) is 6.61 Å². The summed E-state index contributed by atoms with van der Waals surface area (Å²) in [5, 5.41) is 38.2. The third-order valence-corrected chi connectivity index (χ3v) is 2.98. The molecule has 1 fully saturated rings. The zero-order valence-corrected chi connectivity index (χ0v) is 9.43. The first-order valence-electron chi connectivity index (χ1n) is 5.47. The van der Waals surface area contributed by atoms with E-state index in [-0.39, 0.29) is 5.56 Å². The molecule has 1 aliphatic rings. The summed E-state index contributed by atoms with van der Waals surface area (Å²) in [4.78, 5) is 12.1. The van der Waals surface area contributed by atoms with Gasteiger partial charge >= 0.3 is 0 Å². The fourth-order valence-electron chi connectivity index (χ4n) is 1.93. The first-order valence-corrected chi connectivity index (χ1v) is 5.47. The van der Waals surface area contributed by atoms with Crippen LogP contribution in [-0.4, -0.2) is 56.9 Å². The molecule has 0 radical (unpaired) electrons. The molecule has 0 bridgehead atoms. The van der Waals surface area contributed by atoms with Crippen molar-refractivity contribution in [1.82, 2.24) is 0 Å². The molecular formula is C12H14O6. The van der Waals surface area contributed by atoms with Crippen molar-refractivity contribution in [1.29, 1.82) is 0 Å². The topological polar surface area (TPSA) is 107 Å². The molecule has 4 N–H and O–H groups in total. The molecule has 1 heterocycles. The maximum atomic E-state index is 12.1. The van der Waals surface area contributed by atoms with Crippen LogP contribution in [0.3, 0.4) is 0 Å². The molecule has 1 aliphatic heterocycles. The van der Waals surface area contributed by atoms with Gasteiger partial charge in [-0.15, -0.1) is 0 Å². The molecule has 1 saturated heterocycles. The third kappa shape index (κ3) is 1.94. The van der Waals surface area contributed by atoms with E-state index in [9.17, 15) is 20.1 Å². The Morgan fingerprint density at radius 1 is 1.28 bits per heavy atom. The van der Waals surface area contributed by atoms with E-state index >= 15 is 0 Å². The normalized spacial score (nSPS) is 35.7. The SMILES string of the molecule is O=C(c1ccccc1)[C@]1(O)O[C@@H](CO)[C@H](O)[C@@H]1O. The third-order valence-electron chi connectivity index (χ3n) is 2.98. The van der Waals surface area contributed by atoms with Gasteiger partial charge in [0, 0.05) is 5.56 Å². The smallest absolute Gasteiger partial charge is 0.261 e. The molecule has 0 amide bonds. The lowest BCUT2D eigenvalue weighted by Gasteiger charge is -2.24. The van der Waals surface area contributed by atoms with Gasteiger partial charge in [-0.05, 0) is 0 Å². The number of benzene rings is 1. The highest BCUT2D eigenvalue weighted by atomic mass is 16.7. The van der Waals surface area contributed by atoms with Crippen LogP contribution in [-0.2, 0) is 4.74 Å². The highest BCUT2D eigenvalue weighted by molar-refractivity contribution is 6.02. The lowest BCUT2D eigenvalue weighted by molar-refractivity contribution is -0.193. The van der Waals surface area contributed by atoms with E-state index in [1.165, 1.54) is 12.1 Å². The van der Waals surface area contributed by atoms with Crippen LogP contribution in [0.4, 0.5) is 0 Å². The van der Waals surface area contributed by atoms with Gasteiger partial charge in [-0.2, -0.15) is 0 Å². The minimum absolute atomic E-state index is 0.143. The maximum Gasteiger partial charge on any atom is 0.261 e. The molecule has 0 spiro atoms. The van der Waals surface area contributed by atoms with E-state index in [1.54, 1.807) is 18.2 Å². The molecule has 0 unspecified atom stereocenters. The minimum Gasteiger partial charge on any atom is -0.394 e. The lowest BCUT2D eigenvalue weighted by Crippen LogP contribution is -2.49. The van der Waals surface area contributed by atoms with Gasteiger partial charge in [-0.1, -0.05) is 30.3 Å². The Hall–Kier alpha value is -1.31. The zero-order valence-electron chi connectivity index (χ0n) is 9.43. The summed E-state index contributed by atoms with van der Waals surface area (Å²) in [5.74, 6) is -3.39. The second-order valence-electron chi connectivity index (χ2n) is 4.17. The quantitative estimate of drug-likeness (QED) is 0.498. The van der Waals surface area contributed by atoms with Gasteiger partial charge in [0.15, 0.2) is 0 Å². The summed E-state index contributed by atoms with van der Waals surface area (Å²) in [7, 11) is 0. The van der Waals surface area contributed by atoms with E-state index in [0.717, 1.165) is 0 Å². The Morgan fingerprint density at radius 2 is 1.89 bits per heavy atom. The van der Waals surface area contributed by atoms with Gasteiger partial charge in [0.05, 0.1) is 6.61 Å². The van der Waals surface area contributed by atoms with Crippen molar-refractivity contribution >= 4 is 5.78 Å². The summed E-state index contributed by atoms with van der Waals surface area (Å²) in [5.41, 5.74) is 0.143. The summed E-state index contributed by atoms with van der Waals surface area (Å²) >= 11 is 0. The van der Waals surface area contributed by atoms with Gasteiger partial charge in [0.25, 0.3) is 5.79 Å². The van der Waals surface area contributed by atoms with Gasteiger partial charge < -0.3 is 25.2 Å². The fourth-order valence-corrected chi connectivity index (χ4v) is 1.93. The average Bonchev–Trinajstić information content (AvgIpc) is 2.64. The van der Waals surface area contributed by atoms with Gasteiger partial charge in [0.1, 0.15) is 18.3 Å².